The molecule has 2 N–H and O–H groups in total. The highest BCUT2D eigenvalue weighted by molar-refractivity contribution is 7.84. The summed E-state index contributed by atoms with van der Waals surface area (Å²) >= 11 is 0. The van der Waals surface area contributed by atoms with E-state index in [-0.39, 0.29) is 11.5 Å². The maximum atomic E-state index is 11.6. The Labute approximate surface area is 96.4 Å². The number of carboxylic acids is 1. The molecule has 2 unspecified atom stereocenters. The molecule has 1 aromatic rings. The lowest BCUT2D eigenvalue weighted by molar-refractivity contribution is -0.140. The number of aliphatic carboxylic acids is 1. The summed E-state index contributed by atoms with van der Waals surface area (Å²) in [5.41, 5.74) is 0.828. The normalized spacial score (nSPS) is 14.3. The number of aromatic hydroxyl groups is 1. The van der Waals surface area contributed by atoms with Gasteiger partial charge in [0.25, 0.3) is 0 Å². The van der Waals surface area contributed by atoms with Crippen LogP contribution < -0.4 is 0 Å². The Morgan fingerprint density at radius 1 is 1.38 bits per heavy atom. The van der Waals surface area contributed by atoms with Gasteiger partial charge in [0, 0.05) is 22.3 Å². The predicted molar refractivity (Wildman–Crippen MR) is 61.6 cm³/mol. The molecule has 0 fully saturated rings. The van der Waals surface area contributed by atoms with Gasteiger partial charge in [0.05, 0.1) is 5.92 Å². The van der Waals surface area contributed by atoms with Crippen LogP contribution in [0.5, 0.6) is 5.75 Å². The Kier molecular flexibility index (Phi) is 4.49. The molecule has 16 heavy (non-hydrogen) atoms. The summed E-state index contributed by atoms with van der Waals surface area (Å²) in [5, 5.41) is 17.7. The lowest BCUT2D eigenvalue weighted by Crippen LogP contribution is -2.18. The molecule has 0 aliphatic heterocycles. The highest BCUT2D eigenvalue weighted by Gasteiger charge is 2.14. The van der Waals surface area contributed by atoms with Crippen molar-refractivity contribution >= 4 is 16.8 Å². The third-order valence-electron chi connectivity index (χ3n) is 2.12. The third-order valence-corrected chi connectivity index (χ3v) is 3.65. The Morgan fingerprint density at radius 3 is 2.44 bits per heavy atom. The van der Waals surface area contributed by atoms with Gasteiger partial charge in [-0.05, 0) is 17.7 Å². The number of phenolic OH excluding ortho intramolecular Hbond substituents is 1. The second-order valence-corrected chi connectivity index (χ2v) is 5.16. The fourth-order valence-corrected chi connectivity index (χ4v) is 2.57. The molecule has 0 bridgehead atoms. The summed E-state index contributed by atoms with van der Waals surface area (Å²) < 4.78 is 11.6. The zero-order chi connectivity index (χ0) is 12.1. The quantitative estimate of drug-likeness (QED) is 0.817. The van der Waals surface area contributed by atoms with Crippen molar-refractivity contribution < 1.29 is 19.2 Å². The van der Waals surface area contributed by atoms with E-state index in [1.54, 1.807) is 12.1 Å². The van der Waals surface area contributed by atoms with Crippen molar-refractivity contribution in [1.29, 1.82) is 0 Å². The molecule has 0 saturated carbocycles. The van der Waals surface area contributed by atoms with Crippen LogP contribution in [0.2, 0.25) is 0 Å². The van der Waals surface area contributed by atoms with E-state index in [2.05, 4.69) is 0 Å². The number of carboxylic acid groups (broad SMARTS) is 1. The van der Waals surface area contributed by atoms with Crippen molar-refractivity contribution in [2.45, 2.75) is 12.7 Å². The minimum atomic E-state index is -1.19. The molecule has 0 radical (unpaired) electrons. The maximum Gasteiger partial charge on any atom is 0.307 e. The summed E-state index contributed by atoms with van der Waals surface area (Å²) in [4.78, 5) is 10.6. The number of hydrogen-bond donors (Lipinski definition) is 2. The minimum absolute atomic E-state index is 0.149. The minimum Gasteiger partial charge on any atom is -0.508 e. The summed E-state index contributed by atoms with van der Waals surface area (Å²) in [6.07, 6.45) is 0. The Hall–Kier alpha value is -1.36. The molecule has 0 heterocycles. The van der Waals surface area contributed by atoms with Gasteiger partial charge < -0.3 is 10.2 Å². The fraction of sp³-hybridized carbons (Fsp3) is 0.364. The summed E-state index contributed by atoms with van der Waals surface area (Å²) in [5.74, 6) is -0.904. The van der Waals surface area contributed by atoms with Crippen LogP contribution in [-0.2, 0) is 21.3 Å². The van der Waals surface area contributed by atoms with Gasteiger partial charge in [0.1, 0.15) is 5.75 Å². The lowest BCUT2D eigenvalue weighted by Gasteiger charge is -2.06. The number of carbonyl (C=O) groups is 1. The molecule has 88 valence electrons. The number of benzene rings is 1. The first kappa shape index (κ1) is 12.7. The smallest absolute Gasteiger partial charge is 0.307 e. The zero-order valence-electron chi connectivity index (χ0n) is 8.92. The van der Waals surface area contributed by atoms with E-state index in [1.807, 2.05) is 0 Å². The largest absolute Gasteiger partial charge is 0.508 e. The maximum absolute atomic E-state index is 11.6. The molecule has 0 saturated heterocycles. The first-order valence-corrected chi connectivity index (χ1v) is 6.33. The van der Waals surface area contributed by atoms with E-state index in [0.717, 1.165) is 5.56 Å². The van der Waals surface area contributed by atoms with Gasteiger partial charge in [-0.15, -0.1) is 0 Å². The van der Waals surface area contributed by atoms with Crippen LogP contribution in [0.3, 0.4) is 0 Å². The van der Waals surface area contributed by atoms with Gasteiger partial charge >= 0.3 is 5.97 Å². The van der Waals surface area contributed by atoms with E-state index in [1.165, 1.54) is 19.1 Å². The fourth-order valence-electron chi connectivity index (χ4n) is 1.19. The second kappa shape index (κ2) is 5.65. The lowest BCUT2D eigenvalue weighted by atomic mass is 10.2. The Balaban J connectivity index is 2.52. The summed E-state index contributed by atoms with van der Waals surface area (Å²) in [6, 6.07) is 6.40. The average molecular weight is 242 g/mol. The monoisotopic (exact) mass is 242 g/mol. The van der Waals surface area contributed by atoms with Crippen molar-refractivity contribution in [3.63, 3.8) is 0 Å². The highest BCUT2D eigenvalue weighted by Crippen LogP contribution is 2.12. The molecular formula is C11H14O4S. The van der Waals surface area contributed by atoms with Gasteiger partial charge in [0.2, 0.25) is 0 Å². The van der Waals surface area contributed by atoms with Gasteiger partial charge in [-0.1, -0.05) is 19.1 Å². The van der Waals surface area contributed by atoms with Crippen LogP contribution in [0.25, 0.3) is 0 Å². The van der Waals surface area contributed by atoms with Crippen LogP contribution in [0.15, 0.2) is 24.3 Å². The molecule has 5 heteroatoms. The standard InChI is InChI=1S/C11H14O4S/c1-8(11(13)14)6-16(15)7-9-2-4-10(12)5-3-9/h2-5,8,12H,6-7H2,1H3,(H,13,14). The number of hydrogen-bond acceptors (Lipinski definition) is 3. The van der Waals surface area contributed by atoms with Crippen molar-refractivity contribution in [3.8, 4) is 5.75 Å². The molecule has 1 rings (SSSR count). The third kappa shape index (κ3) is 4.02. The first-order chi connectivity index (χ1) is 7.49. The van der Waals surface area contributed by atoms with Crippen LogP contribution in [-0.4, -0.2) is 26.1 Å². The van der Waals surface area contributed by atoms with E-state index < -0.39 is 22.7 Å². The van der Waals surface area contributed by atoms with Crippen molar-refractivity contribution in [2.24, 2.45) is 5.92 Å². The molecule has 1 aromatic carbocycles. The van der Waals surface area contributed by atoms with Gasteiger partial charge in [0.15, 0.2) is 0 Å². The Bertz CT molecular complexity index is 385. The molecule has 0 amide bonds. The van der Waals surface area contributed by atoms with Crippen molar-refractivity contribution in [2.75, 3.05) is 5.75 Å². The topological polar surface area (TPSA) is 74.6 Å². The van der Waals surface area contributed by atoms with Crippen LogP contribution >= 0.6 is 0 Å². The molecule has 0 aliphatic rings. The highest BCUT2D eigenvalue weighted by atomic mass is 32.2. The molecular weight excluding hydrogens is 228 g/mol. The molecule has 0 aliphatic carbocycles. The van der Waals surface area contributed by atoms with Gasteiger partial charge in [-0.2, -0.15) is 0 Å². The average Bonchev–Trinajstić information content (AvgIpc) is 2.21. The predicted octanol–water partition coefficient (Wildman–Crippen LogP) is 1.36. The molecule has 4 nitrogen and oxygen atoms in total. The summed E-state index contributed by atoms with van der Waals surface area (Å²) in [7, 11) is -1.19. The van der Waals surface area contributed by atoms with E-state index >= 15 is 0 Å². The number of rotatable bonds is 5. The van der Waals surface area contributed by atoms with Gasteiger partial charge in [-0.25, -0.2) is 0 Å². The second-order valence-electron chi connectivity index (χ2n) is 3.66. The van der Waals surface area contributed by atoms with Crippen LogP contribution in [0.4, 0.5) is 0 Å². The summed E-state index contributed by atoms with van der Waals surface area (Å²) in [6.45, 7) is 1.54. The zero-order valence-corrected chi connectivity index (χ0v) is 9.74. The van der Waals surface area contributed by atoms with Gasteiger partial charge in [-0.3, -0.25) is 9.00 Å². The van der Waals surface area contributed by atoms with E-state index in [0.29, 0.717) is 5.75 Å². The molecule has 2 atom stereocenters. The van der Waals surface area contributed by atoms with Crippen LogP contribution in [0.1, 0.15) is 12.5 Å². The number of phenols is 1. The molecule has 0 spiro atoms. The van der Waals surface area contributed by atoms with E-state index in [9.17, 15) is 9.00 Å². The molecule has 0 aromatic heterocycles. The Morgan fingerprint density at radius 2 is 1.94 bits per heavy atom. The van der Waals surface area contributed by atoms with Crippen LogP contribution in [0, 0.1) is 5.92 Å². The van der Waals surface area contributed by atoms with E-state index in [4.69, 9.17) is 10.2 Å². The van der Waals surface area contributed by atoms with Crippen molar-refractivity contribution in [1.82, 2.24) is 0 Å². The first-order valence-electron chi connectivity index (χ1n) is 4.84. The SMILES string of the molecule is CC(CS(=O)Cc1ccc(O)cc1)C(=O)O. The van der Waals surface area contributed by atoms with Crippen molar-refractivity contribution in [3.05, 3.63) is 29.8 Å².